The third kappa shape index (κ3) is 4.41. The van der Waals surface area contributed by atoms with Crippen molar-refractivity contribution in [3.8, 4) is 0 Å². The van der Waals surface area contributed by atoms with Crippen molar-refractivity contribution >= 4 is 40.1 Å². The molecule has 1 atom stereocenters. The number of nitrogens with two attached hydrogens (primary N) is 1. The van der Waals surface area contributed by atoms with E-state index >= 15 is 0 Å². The Bertz CT molecular complexity index is 627. The number of nitrogens with zero attached hydrogens (tertiary/aromatic N) is 6. The Balaban J connectivity index is 2.11. The van der Waals surface area contributed by atoms with E-state index in [1.807, 2.05) is 21.0 Å². The van der Waals surface area contributed by atoms with Gasteiger partial charge in [-0.2, -0.15) is 15.0 Å². The summed E-state index contributed by atoms with van der Waals surface area (Å²) in [5.41, 5.74) is 5.75. The molecule has 2 heterocycles. The Labute approximate surface area is 138 Å². The first-order valence-corrected chi connectivity index (χ1v) is 8.50. The second-order valence-electron chi connectivity index (χ2n) is 5.18. The van der Waals surface area contributed by atoms with Crippen molar-refractivity contribution in [2.45, 2.75) is 36.4 Å². The van der Waals surface area contributed by atoms with Gasteiger partial charge in [-0.05, 0) is 20.8 Å². The zero-order chi connectivity index (χ0) is 16.3. The van der Waals surface area contributed by atoms with Gasteiger partial charge in [0.1, 0.15) is 5.82 Å². The lowest BCUT2D eigenvalue weighted by molar-refractivity contribution is 0.862. The van der Waals surface area contributed by atoms with Crippen molar-refractivity contribution in [2.75, 3.05) is 30.0 Å². The van der Waals surface area contributed by atoms with Crippen LogP contribution in [0.2, 0.25) is 0 Å². The summed E-state index contributed by atoms with van der Waals surface area (Å²) in [5.74, 6) is 1.41. The van der Waals surface area contributed by atoms with Crippen molar-refractivity contribution in [3.05, 3.63) is 5.82 Å². The van der Waals surface area contributed by atoms with E-state index in [1.165, 1.54) is 11.3 Å². The van der Waals surface area contributed by atoms with Crippen molar-refractivity contribution < 1.29 is 0 Å². The standard InChI is InChI=1S/C12H20N8S2/c1-6(2)14-11-18-19-12(22-11)21-7(3)8-15-9(13)17-10(16-8)20(4)5/h6-7H,1-5H3,(H,14,18)(H2,13,15,16,17). The minimum Gasteiger partial charge on any atom is -0.368 e. The SMILES string of the molecule is CC(C)Nc1nnc(SC(C)c2nc(N)nc(N(C)C)n2)s1. The van der Waals surface area contributed by atoms with Gasteiger partial charge < -0.3 is 16.0 Å². The topological polar surface area (TPSA) is 106 Å². The van der Waals surface area contributed by atoms with E-state index in [1.54, 1.807) is 16.7 Å². The summed E-state index contributed by atoms with van der Waals surface area (Å²) >= 11 is 3.07. The molecule has 0 aliphatic heterocycles. The fourth-order valence-electron chi connectivity index (χ4n) is 1.55. The average molecular weight is 340 g/mol. The quantitative estimate of drug-likeness (QED) is 0.764. The van der Waals surface area contributed by atoms with E-state index in [9.17, 15) is 0 Å². The van der Waals surface area contributed by atoms with Gasteiger partial charge in [0.15, 0.2) is 4.34 Å². The molecule has 2 rings (SSSR count). The van der Waals surface area contributed by atoms with Crippen LogP contribution in [0.5, 0.6) is 0 Å². The molecule has 0 saturated carbocycles. The van der Waals surface area contributed by atoms with E-state index in [0.717, 1.165) is 9.47 Å². The molecule has 0 radical (unpaired) electrons. The van der Waals surface area contributed by atoms with E-state index in [0.29, 0.717) is 17.8 Å². The number of nitrogen functional groups attached to an aromatic ring is 1. The molecule has 1 unspecified atom stereocenters. The first-order valence-electron chi connectivity index (χ1n) is 6.80. The predicted octanol–water partition coefficient (Wildman–Crippen LogP) is 2.04. The Kier molecular flexibility index (Phi) is 5.35. The molecule has 22 heavy (non-hydrogen) atoms. The number of thioether (sulfide) groups is 1. The smallest absolute Gasteiger partial charge is 0.229 e. The van der Waals surface area contributed by atoms with Crippen LogP contribution >= 0.6 is 23.1 Å². The van der Waals surface area contributed by atoms with Crippen LogP contribution in [0.15, 0.2) is 4.34 Å². The highest BCUT2D eigenvalue weighted by molar-refractivity contribution is 8.01. The molecule has 0 bridgehead atoms. The van der Waals surface area contributed by atoms with Gasteiger partial charge in [0.05, 0.1) is 5.25 Å². The van der Waals surface area contributed by atoms with Crippen LogP contribution in [0.4, 0.5) is 17.0 Å². The van der Waals surface area contributed by atoms with E-state index in [2.05, 4.69) is 44.3 Å². The molecule has 120 valence electrons. The lowest BCUT2D eigenvalue weighted by Gasteiger charge is -2.13. The average Bonchev–Trinajstić information content (AvgIpc) is 2.84. The van der Waals surface area contributed by atoms with Crippen LogP contribution in [-0.4, -0.2) is 45.3 Å². The zero-order valence-corrected chi connectivity index (χ0v) is 14.9. The number of rotatable bonds is 6. The molecule has 3 N–H and O–H groups in total. The molecule has 0 aliphatic carbocycles. The van der Waals surface area contributed by atoms with Gasteiger partial charge in [0.2, 0.25) is 17.0 Å². The summed E-state index contributed by atoms with van der Waals surface area (Å²) in [5, 5.41) is 12.3. The van der Waals surface area contributed by atoms with Crippen LogP contribution in [0.25, 0.3) is 0 Å². The van der Waals surface area contributed by atoms with Crippen molar-refractivity contribution in [3.63, 3.8) is 0 Å². The molecule has 0 fully saturated rings. The monoisotopic (exact) mass is 340 g/mol. The Hall–Kier alpha value is -1.68. The normalized spacial score (nSPS) is 12.5. The van der Waals surface area contributed by atoms with Crippen LogP contribution in [0.1, 0.15) is 31.8 Å². The van der Waals surface area contributed by atoms with Crippen molar-refractivity contribution in [2.24, 2.45) is 0 Å². The van der Waals surface area contributed by atoms with E-state index < -0.39 is 0 Å². The van der Waals surface area contributed by atoms with Gasteiger partial charge >= 0.3 is 0 Å². The van der Waals surface area contributed by atoms with Crippen LogP contribution in [0.3, 0.4) is 0 Å². The van der Waals surface area contributed by atoms with Crippen molar-refractivity contribution in [1.82, 2.24) is 25.1 Å². The molecule has 2 aromatic heterocycles. The number of nitrogens with one attached hydrogen (secondary N) is 1. The molecule has 2 aromatic rings. The fraction of sp³-hybridized carbons (Fsp3) is 0.583. The highest BCUT2D eigenvalue weighted by Gasteiger charge is 2.17. The summed E-state index contributed by atoms with van der Waals surface area (Å²) in [6, 6.07) is 0.328. The molecule has 0 amide bonds. The minimum atomic E-state index is 0.00356. The summed E-state index contributed by atoms with van der Waals surface area (Å²) in [4.78, 5) is 14.5. The van der Waals surface area contributed by atoms with Crippen molar-refractivity contribution in [1.29, 1.82) is 0 Å². The second kappa shape index (κ2) is 7.05. The largest absolute Gasteiger partial charge is 0.368 e. The Morgan fingerprint density at radius 3 is 2.50 bits per heavy atom. The number of hydrogen-bond acceptors (Lipinski definition) is 10. The predicted molar refractivity (Wildman–Crippen MR) is 91.5 cm³/mol. The van der Waals surface area contributed by atoms with E-state index in [-0.39, 0.29) is 11.2 Å². The molecule has 0 saturated heterocycles. The van der Waals surface area contributed by atoms with Gasteiger partial charge in [-0.15, -0.1) is 10.2 Å². The van der Waals surface area contributed by atoms with Gasteiger partial charge in [-0.1, -0.05) is 23.1 Å². The minimum absolute atomic E-state index is 0.00356. The number of hydrogen-bond donors (Lipinski definition) is 2. The first-order chi connectivity index (χ1) is 10.3. The maximum absolute atomic E-state index is 5.75. The number of anilines is 3. The lowest BCUT2D eigenvalue weighted by atomic mass is 10.4. The molecular formula is C12H20N8S2. The fourth-order valence-corrected chi connectivity index (χ4v) is 3.63. The maximum Gasteiger partial charge on any atom is 0.229 e. The molecule has 0 aliphatic rings. The molecular weight excluding hydrogens is 320 g/mol. The Morgan fingerprint density at radius 1 is 1.14 bits per heavy atom. The van der Waals surface area contributed by atoms with Crippen LogP contribution in [-0.2, 0) is 0 Å². The highest BCUT2D eigenvalue weighted by atomic mass is 32.2. The van der Waals surface area contributed by atoms with Crippen LogP contribution in [0, 0.1) is 0 Å². The third-order valence-corrected chi connectivity index (χ3v) is 4.55. The Morgan fingerprint density at radius 2 is 1.86 bits per heavy atom. The number of aromatic nitrogens is 5. The van der Waals surface area contributed by atoms with E-state index in [4.69, 9.17) is 5.73 Å². The maximum atomic E-state index is 5.75. The van der Waals surface area contributed by atoms with Gasteiger partial charge in [0.25, 0.3) is 0 Å². The summed E-state index contributed by atoms with van der Waals surface area (Å²) in [6.45, 7) is 6.14. The summed E-state index contributed by atoms with van der Waals surface area (Å²) in [7, 11) is 3.73. The highest BCUT2D eigenvalue weighted by Crippen LogP contribution is 2.36. The lowest BCUT2D eigenvalue weighted by Crippen LogP contribution is -2.16. The zero-order valence-electron chi connectivity index (χ0n) is 13.2. The third-order valence-electron chi connectivity index (χ3n) is 2.52. The summed E-state index contributed by atoms with van der Waals surface area (Å²) < 4.78 is 0.862. The van der Waals surface area contributed by atoms with Crippen LogP contribution < -0.4 is 16.0 Å². The summed E-state index contributed by atoms with van der Waals surface area (Å²) in [6.07, 6.45) is 0. The molecule has 8 nitrogen and oxygen atoms in total. The molecule has 0 aromatic carbocycles. The molecule has 10 heteroatoms. The van der Waals surface area contributed by atoms with Gasteiger partial charge in [0, 0.05) is 20.1 Å². The second-order valence-corrected chi connectivity index (χ2v) is 7.74. The van der Waals surface area contributed by atoms with Gasteiger partial charge in [-0.3, -0.25) is 0 Å². The molecule has 0 spiro atoms. The van der Waals surface area contributed by atoms with Gasteiger partial charge in [-0.25, -0.2) is 0 Å². The first kappa shape index (κ1) is 16.7.